The van der Waals surface area contributed by atoms with Crippen molar-refractivity contribution in [1.29, 1.82) is 0 Å². The van der Waals surface area contributed by atoms with Crippen molar-refractivity contribution in [3.05, 3.63) is 58.0 Å². The van der Waals surface area contributed by atoms with Crippen molar-refractivity contribution < 1.29 is 14.3 Å². The minimum atomic E-state index is -0.613. The van der Waals surface area contributed by atoms with Gasteiger partial charge >= 0.3 is 0 Å². The normalized spacial score (nSPS) is 15.3. The summed E-state index contributed by atoms with van der Waals surface area (Å²) in [5.74, 6) is 0.659. The first-order chi connectivity index (χ1) is 13.9. The maximum Gasteiger partial charge on any atom is 0.274 e. The Morgan fingerprint density at radius 2 is 1.66 bits per heavy atom. The molecule has 1 aromatic heterocycles. The van der Waals surface area contributed by atoms with Crippen molar-refractivity contribution in [2.75, 3.05) is 26.2 Å². The number of benzene rings is 1. The molecule has 1 N–H and O–H groups in total. The monoisotopic (exact) mass is 398 g/mol. The van der Waals surface area contributed by atoms with Gasteiger partial charge in [0.25, 0.3) is 17.4 Å². The number of nitrogens with zero attached hydrogens (tertiary/aromatic N) is 3. The van der Waals surface area contributed by atoms with Crippen LogP contribution in [0.15, 0.2) is 41.2 Å². The van der Waals surface area contributed by atoms with Crippen molar-refractivity contribution in [2.45, 2.75) is 32.8 Å². The maximum atomic E-state index is 12.8. The molecule has 1 aromatic carbocycles. The zero-order chi connectivity index (χ0) is 21.0. The lowest BCUT2D eigenvalue weighted by atomic mass is 10.0. The SMILES string of the molecule is CC(Oc1ccccc1C(C)C)C(=O)N1CCN(C(=O)c2ccc(=O)[nH]n2)CC1. The van der Waals surface area contributed by atoms with Crippen LogP contribution >= 0.6 is 0 Å². The van der Waals surface area contributed by atoms with E-state index in [2.05, 4.69) is 24.0 Å². The molecule has 2 aromatic rings. The van der Waals surface area contributed by atoms with E-state index in [9.17, 15) is 14.4 Å². The number of hydrogen-bond donors (Lipinski definition) is 1. The Morgan fingerprint density at radius 1 is 1.00 bits per heavy atom. The van der Waals surface area contributed by atoms with E-state index in [-0.39, 0.29) is 23.1 Å². The lowest BCUT2D eigenvalue weighted by Gasteiger charge is -2.35. The largest absolute Gasteiger partial charge is 0.481 e. The van der Waals surface area contributed by atoms with E-state index in [0.717, 1.165) is 11.3 Å². The van der Waals surface area contributed by atoms with Gasteiger partial charge in [-0.15, -0.1) is 0 Å². The Morgan fingerprint density at radius 3 is 2.28 bits per heavy atom. The molecule has 154 valence electrons. The van der Waals surface area contributed by atoms with Crippen molar-refractivity contribution in [2.24, 2.45) is 0 Å². The number of rotatable bonds is 5. The van der Waals surface area contributed by atoms with E-state index in [4.69, 9.17) is 4.74 Å². The molecule has 29 heavy (non-hydrogen) atoms. The highest BCUT2D eigenvalue weighted by Gasteiger charge is 2.29. The molecule has 0 radical (unpaired) electrons. The van der Waals surface area contributed by atoms with Gasteiger partial charge in [-0.1, -0.05) is 32.0 Å². The molecule has 1 aliphatic heterocycles. The molecule has 1 unspecified atom stereocenters. The summed E-state index contributed by atoms with van der Waals surface area (Å²) < 4.78 is 5.96. The number of para-hydroxylation sites is 1. The van der Waals surface area contributed by atoms with Crippen LogP contribution in [-0.2, 0) is 4.79 Å². The van der Waals surface area contributed by atoms with Crippen LogP contribution in [0.3, 0.4) is 0 Å². The predicted molar refractivity (Wildman–Crippen MR) is 108 cm³/mol. The predicted octanol–water partition coefficient (Wildman–Crippen LogP) is 1.65. The van der Waals surface area contributed by atoms with Gasteiger partial charge in [0.1, 0.15) is 11.4 Å². The Bertz CT molecular complexity index is 912. The van der Waals surface area contributed by atoms with Gasteiger partial charge in [-0.3, -0.25) is 14.4 Å². The minimum absolute atomic E-state index is 0.0992. The fourth-order valence-electron chi connectivity index (χ4n) is 3.32. The van der Waals surface area contributed by atoms with Crippen LogP contribution in [0.1, 0.15) is 42.7 Å². The molecule has 1 saturated heterocycles. The third-order valence-electron chi connectivity index (χ3n) is 4.97. The van der Waals surface area contributed by atoms with E-state index in [1.165, 1.54) is 12.1 Å². The van der Waals surface area contributed by atoms with Crippen LogP contribution in [0.5, 0.6) is 5.75 Å². The van der Waals surface area contributed by atoms with Crippen molar-refractivity contribution >= 4 is 11.8 Å². The molecule has 8 nitrogen and oxygen atoms in total. The molecule has 2 heterocycles. The van der Waals surface area contributed by atoms with Crippen molar-refractivity contribution in [3.8, 4) is 5.75 Å². The van der Waals surface area contributed by atoms with Gasteiger partial charge in [0, 0.05) is 32.2 Å². The van der Waals surface area contributed by atoms with E-state index in [1.54, 1.807) is 16.7 Å². The summed E-state index contributed by atoms with van der Waals surface area (Å²) in [7, 11) is 0. The number of aromatic amines is 1. The summed E-state index contributed by atoms with van der Waals surface area (Å²) in [6, 6.07) is 10.4. The lowest BCUT2D eigenvalue weighted by molar-refractivity contribution is -0.139. The first-order valence-corrected chi connectivity index (χ1v) is 9.76. The molecular formula is C21H26N4O4. The van der Waals surface area contributed by atoms with Gasteiger partial charge in [0.05, 0.1) is 0 Å². The zero-order valence-corrected chi connectivity index (χ0v) is 16.9. The summed E-state index contributed by atoms with van der Waals surface area (Å²) in [6.07, 6.45) is -0.613. The topological polar surface area (TPSA) is 95.6 Å². The number of H-pyrrole nitrogens is 1. The second-order valence-electron chi connectivity index (χ2n) is 7.38. The third kappa shape index (κ3) is 4.82. The summed E-state index contributed by atoms with van der Waals surface area (Å²) in [5, 5.41) is 6.04. The molecule has 3 rings (SSSR count). The van der Waals surface area contributed by atoms with E-state index < -0.39 is 6.10 Å². The molecule has 0 spiro atoms. The van der Waals surface area contributed by atoms with Crippen LogP contribution < -0.4 is 10.3 Å². The fourth-order valence-corrected chi connectivity index (χ4v) is 3.32. The molecule has 0 aliphatic carbocycles. The van der Waals surface area contributed by atoms with Crippen LogP contribution in [-0.4, -0.2) is 64.1 Å². The molecule has 1 atom stereocenters. The van der Waals surface area contributed by atoms with Gasteiger partial charge in [0.2, 0.25) is 0 Å². The Labute approximate surface area is 169 Å². The third-order valence-corrected chi connectivity index (χ3v) is 4.97. The molecule has 1 fully saturated rings. The Hall–Kier alpha value is -3.16. The van der Waals surface area contributed by atoms with Crippen LogP contribution in [0.2, 0.25) is 0 Å². The van der Waals surface area contributed by atoms with Crippen LogP contribution in [0, 0.1) is 0 Å². The second kappa shape index (κ2) is 8.89. The number of ether oxygens (including phenoxy) is 1. The van der Waals surface area contributed by atoms with E-state index in [1.807, 2.05) is 24.3 Å². The molecule has 0 bridgehead atoms. The van der Waals surface area contributed by atoms with E-state index >= 15 is 0 Å². The average molecular weight is 398 g/mol. The van der Waals surface area contributed by atoms with Crippen LogP contribution in [0.25, 0.3) is 0 Å². The molecular weight excluding hydrogens is 372 g/mol. The van der Waals surface area contributed by atoms with Gasteiger partial charge in [-0.25, -0.2) is 5.10 Å². The summed E-state index contributed by atoms with van der Waals surface area (Å²) in [4.78, 5) is 39.7. The molecule has 8 heteroatoms. The van der Waals surface area contributed by atoms with Crippen molar-refractivity contribution in [1.82, 2.24) is 20.0 Å². The quantitative estimate of drug-likeness (QED) is 0.826. The average Bonchev–Trinajstić information content (AvgIpc) is 2.73. The fraction of sp³-hybridized carbons (Fsp3) is 0.429. The maximum absolute atomic E-state index is 12.8. The van der Waals surface area contributed by atoms with Crippen molar-refractivity contribution in [3.63, 3.8) is 0 Å². The number of nitrogens with one attached hydrogen (secondary N) is 1. The summed E-state index contributed by atoms with van der Waals surface area (Å²) >= 11 is 0. The number of carbonyl (C=O) groups excluding carboxylic acids is 2. The number of carbonyl (C=O) groups is 2. The summed E-state index contributed by atoms with van der Waals surface area (Å²) in [6.45, 7) is 7.58. The number of amides is 2. The van der Waals surface area contributed by atoms with E-state index in [0.29, 0.717) is 32.1 Å². The lowest BCUT2D eigenvalue weighted by Crippen LogP contribution is -2.53. The first kappa shape index (κ1) is 20.6. The second-order valence-corrected chi connectivity index (χ2v) is 7.38. The highest BCUT2D eigenvalue weighted by atomic mass is 16.5. The Balaban J connectivity index is 1.57. The molecule has 2 amide bonds. The van der Waals surface area contributed by atoms with Gasteiger partial charge in [-0.2, -0.15) is 5.10 Å². The highest BCUT2D eigenvalue weighted by Crippen LogP contribution is 2.27. The van der Waals surface area contributed by atoms with Crippen LogP contribution in [0.4, 0.5) is 0 Å². The first-order valence-electron chi connectivity index (χ1n) is 9.76. The minimum Gasteiger partial charge on any atom is -0.481 e. The number of piperazine rings is 1. The molecule has 1 aliphatic rings. The number of aromatic nitrogens is 2. The smallest absolute Gasteiger partial charge is 0.274 e. The van der Waals surface area contributed by atoms with Gasteiger partial charge < -0.3 is 14.5 Å². The standard InChI is InChI=1S/C21H26N4O4/c1-14(2)16-6-4-5-7-18(16)29-15(3)20(27)24-10-12-25(13-11-24)21(28)17-8-9-19(26)23-22-17/h4-9,14-15H,10-13H2,1-3H3,(H,23,26). The zero-order valence-electron chi connectivity index (χ0n) is 16.9. The number of hydrogen-bond acceptors (Lipinski definition) is 5. The van der Waals surface area contributed by atoms with Gasteiger partial charge in [-0.05, 0) is 30.5 Å². The Kier molecular flexibility index (Phi) is 6.31. The molecule has 0 saturated carbocycles. The highest BCUT2D eigenvalue weighted by molar-refractivity contribution is 5.92. The summed E-state index contributed by atoms with van der Waals surface area (Å²) in [5.41, 5.74) is 0.896. The van der Waals surface area contributed by atoms with Gasteiger partial charge in [0.15, 0.2) is 6.10 Å².